The summed E-state index contributed by atoms with van der Waals surface area (Å²) in [6.45, 7) is 0.851. The van der Waals surface area contributed by atoms with Gasteiger partial charge in [0.05, 0.1) is 0 Å². The highest BCUT2D eigenvalue weighted by molar-refractivity contribution is 5.62. The highest BCUT2D eigenvalue weighted by Crippen LogP contribution is 2.27. The van der Waals surface area contributed by atoms with E-state index in [0.717, 1.165) is 18.1 Å². The van der Waals surface area contributed by atoms with Crippen LogP contribution in [0.25, 0.3) is 16.8 Å². The SMILES string of the molecule is CC(F)(F)c1ccc(-n2cc(-c3ccccc3)ccc2=O)cc1. The van der Waals surface area contributed by atoms with Gasteiger partial charge in [-0.05, 0) is 29.3 Å². The highest BCUT2D eigenvalue weighted by atomic mass is 19.3. The topological polar surface area (TPSA) is 22.0 Å². The predicted octanol–water partition coefficient (Wildman–Crippen LogP) is 4.62. The van der Waals surface area contributed by atoms with E-state index in [1.807, 2.05) is 30.3 Å². The number of rotatable bonds is 3. The minimum absolute atomic E-state index is 0.0755. The van der Waals surface area contributed by atoms with Gasteiger partial charge >= 0.3 is 0 Å². The predicted molar refractivity (Wildman–Crippen MR) is 87.0 cm³/mol. The summed E-state index contributed by atoms with van der Waals surface area (Å²) in [5, 5.41) is 0. The summed E-state index contributed by atoms with van der Waals surface area (Å²) in [6, 6.07) is 18.6. The highest BCUT2D eigenvalue weighted by Gasteiger charge is 2.23. The van der Waals surface area contributed by atoms with E-state index >= 15 is 0 Å². The number of halogens is 2. The lowest BCUT2D eigenvalue weighted by Crippen LogP contribution is -2.16. The Morgan fingerprint density at radius 2 is 1.48 bits per heavy atom. The minimum atomic E-state index is -2.89. The molecular formula is C19H15F2NO. The summed E-state index contributed by atoms with van der Waals surface area (Å²) in [7, 11) is 0. The first-order valence-electron chi connectivity index (χ1n) is 7.22. The van der Waals surface area contributed by atoms with Gasteiger partial charge in [-0.3, -0.25) is 9.36 Å². The molecule has 0 saturated heterocycles. The van der Waals surface area contributed by atoms with Crippen molar-refractivity contribution in [3.8, 4) is 16.8 Å². The zero-order chi connectivity index (χ0) is 16.4. The molecule has 3 rings (SSSR count). The fourth-order valence-corrected chi connectivity index (χ4v) is 2.40. The first-order valence-corrected chi connectivity index (χ1v) is 7.22. The average molecular weight is 311 g/mol. The second-order valence-corrected chi connectivity index (χ2v) is 5.43. The van der Waals surface area contributed by atoms with Crippen LogP contribution in [0.3, 0.4) is 0 Å². The van der Waals surface area contributed by atoms with E-state index in [2.05, 4.69) is 0 Å². The van der Waals surface area contributed by atoms with Crippen LogP contribution >= 0.6 is 0 Å². The monoisotopic (exact) mass is 311 g/mol. The Balaban J connectivity index is 2.05. The minimum Gasteiger partial charge on any atom is -0.284 e. The fraction of sp³-hybridized carbons (Fsp3) is 0.105. The zero-order valence-corrected chi connectivity index (χ0v) is 12.5. The lowest BCUT2D eigenvalue weighted by atomic mass is 10.1. The van der Waals surface area contributed by atoms with Gasteiger partial charge in [0.1, 0.15) is 0 Å². The standard InChI is InChI=1S/C19H15F2NO/c1-19(20,21)16-8-10-17(11-9-16)22-13-15(7-12-18(22)23)14-5-3-2-4-6-14/h2-13H,1H3. The molecule has 0 aliphatic heterocycles. The van der Waals surface area contributed by atoms with Crippen LogP contribution in [0.1, 0.15) is 12.5 Å². The van der Waals surface area contributed by atoms with Gasteiger partial charge in [-0.1, -0.05) is 42.5 Å². The Hall–Kier alpha value is -2.75. The number of pyridine rings is 1. The summed E-state index contributed by atoms with van der Waals surface area (Å²) in [5.41, 5.74) is 2.14. The third-order valence-corrected chi connectivity index (χ3v) is 3.67. The molecule has 0 N–H and O–H groups in total. The normalized spacial score (nSPS) is 11.4. The number of hydrogen-bond acceptors (Lipinski definition) is 1. The summed E-state index contributed by atoms with van der Waals surface area (Å²) in [6.07, 6.45) is 1.72. The first-order chi connectivity index (χ1) is 10.9. The Morgan fingerprint density at radius 1 is 0.826 bits per heavy atom. The fourth-order valence-electron chi connectivity index (χ4n) is 2.40. The van der Waals surface area contributed by atoms with Crippen molar-refractivity contribution in [1.29, 1.82) is 0 Å². The number of hydrogen-bond donors (Lipinski definition) is 0. The van der Waals surface area contributed by atoms with E-state index in [4.69, 9.17) is 0 Å². The van der Waals surface area contributed by atoms with Gasteiger partial charge in [0.25, 0.3) is 11.5 Å². The largest absolute Gasteiger partial charge is 0.284 e. The van der Waals surface area contributed by atoms with Crippen molar-refractivity contribution in [2.75, 3.05) is 0 Å². The third-order valence-electron chi connectivity index (χ3n) is 3.67. The van der Waals surface area contributed by atoms with Crippen LogP contribution in [0.5, 0.6) is 0 Å². The summed E-state index contributed by atoms with van der Waals surface area (Å²) in [5.74, 6) is -2.89. The molecule has 1 heterocycles. The Labute approximate surface area is 132 Å². The van der Waals surface area contributed by atoms with Gasteiger partial charge in [0.2, 0.25) is 0 Å². The van der Waals surface area contributed by atoms with Crippen LogP contribution in [0.15, 0.2) is 77.7 Å². The van der Waals surface area contributed by atoms with E-state index in [-0.39, 0.29) is 11.1 Å². The van der Waals surface area contributed by atoms with Crippen LogP contribution < -0.4 is 5.56 Å². The lowest BCUT2D eigenvalue weighted by molar-refractivity contribution is 0.0175. The number of benzene rings is 2. The zero-order valence-electron chi connectivity index (χ0n) is 12.5. The smallest absolute Gasteiger partial charge is 0.270 e. The van der Waals surface area contributed by atoms with Crippen LogP contribution in [0.4, 0.5) is 8.78 Å². The van der Waals surface area contributed by atoms with Crippen molar-refractivity contribution >= 4 is 0 Å². The lowest BCUT2D eigenvalue weighted by Gasteiger charge is -2.12. The summed E-state index contributed by atoms with van der Waals surface area (Å²) < 4.78 is 28.0. The van der Waals surface area contributed by atoms with Crippen molar-refractivity contribution in [3.05, 3.63) is 88.8 Å². The Bertz CT molecular complexity index is 862. The maximum atomic E-state index is 13.3. The molecule has 0 radical (unpaired) electrons. The van der Waals surface area contributed by atoms with Crippen molar-refractivity contribution < 1.29 is 8.78 Å². The van der Waals surface area contributed by atoms with Gasteiger partial charge in [0, 0.05) is 30.4 Å². The average Bonchev–Trinajstić information content (AvgIpc) is 2.55. The molecule has 23 heavy (non-hydrogen) atoms. The van der Waals surface area contributed by atoms with Gasteiger partial charge in [-0.25, -0.2) is 8.78 Å². The van der Waals surface area contributed by atoms with Gasteiger partial charge < -0.3 is 0 Å². The van der Waals surface area contributed by atoms with Gasteiger partial charge in [0.15, 0.2) is 0 Å². The van der Waals surface area contributed by atoms with Crippen molar-refractivity contribution in [2.45, 2.75) is 12.8 Å². The summed E-state index contributed by atoms with van der Waals surface area (Å²) >= 11 is 0. The van der Waals surface area contributed by atoms with E-state index in [0.29, 0.717) is 5.69 Å². The molecule has 1 aromatic heterocycles. The van der Waals surface area contributed by atoms with Crippen LogP contribution in [0.2, 0.25) is 0 Å². The summed E-state index contributed by atoms with van der Waals surface area (Å²) in [4.78, 5) is 12.1. The molecule has 2 nitrogen and oxygen atoms in total. The molecule has 2 aromatic carbocycles. The second kappa shape index (κ2) is 5.80. The molecular weight excluding hydrogens is 296 g/mol. The van der Waals surface area contributed by atoms with Crippen molar-refractivity contribution in [1.82, 2.24) is 4.57 Å². The Morgan fingerprint density at radius 3 is 2.09 bits per heavy atom. The van der Waals surface area contributed by atoms with E-state index in [1.165, 1.54) is 34.9 Å². The maximum Gasteiger partial charge on any atom is 0.270 e. The van der Waals surface area contributed by atoms with Gasteiger partial charge in [-0.15, -0.1) is 0 Å². The molecule has 0 bridgehead atoms. The molecule has 0 atom stereocenters. The van der Waals surface area contributed by atoms with E-state index in [9.17, 15) is 13.6 Å². The second-order valence-electron chi connectivity index (χ2n) is 5.43. The van der Waals surface area contributed by atoms with Crippen molar-refractivity contribution in [2.24, 2.45) is 0 Å². The number of aromatic nitrogens is 1. The maximum absolute atomic E-state index is 13.3. The molecule has 0 unspecified atom stereocenters. The van der Waals surface area contributed by atoms with Crippen LogP contribution in [0, 0.1) is 0 Å². The molecule has 0 aliphatic rings. The molecule has 0 fully saturated rings. The molecule has 116 valence electrons. The molecule has 3 aromatic rings. The van der Waals surface area contributed by atoms with Gasteiger partial charge in [-0.2, -0.15) is 0 Å². The number of alkyl halides is 2. The van der Waals surface area contributed by atoms with E-state index < -0.39 is 5.92 Å². The molecule has 0 spiro atoms. The van der Waals surface area contributed by atoms with E-state index in [1.54, 1.807) is 12.3 Å². The quantitative estimate of drug-likeness (QED) is 0.692. The van der Waals surface area contributed by atoms with Crippen LogP contribution in [-0.2, 0) is 5.92 Å². The molecule has 0 amide bonds. The first kappa shape index (κ1) is 15.2. The molecule has 0 saturated carbocycles. The molecule has 4 heteroatoms. The third kappa shape index (κ3) is 3.21. The number of nitrogens with zero attached hydrogens (tertiary/aromatic N) is 1. The molecule has 0 aliphatic carbocycles. The van der Waals surface area contributed by atoms with Crippen molar-refractivity contribution in [3.63, 3.8) is 0 Å². The Kier molecular flexibility index (Phi) is 3.82. The van der Waals surface area contributed by atoms with Crippen LogP contribution in [-0.4, -0.2) is 4.57 Å².